The van der Waals surface area contributed by atoms with Crippen molar-refractivity contribution >= 4 is 11.3 Å². The molecule has 2 aromatic heterocycles. The van der Waals surface area contributed by atoms with E-state index in [9.17, 15) is 0 Å². The molecular weight excluding hydrogens is 208 g/mol. The summed E-state index contributed by atoms with van der Waals surface area (Å²) in [5.74, 6) is 5.55. The highest BCUT2D eigenvalue weighted by Crippen LogP contribution is 2.19. The van der Waals surface area contributed by atoms with Crippen LogP contribution < -0.4 is 11.3 Å². The Bertz CT molecular complexity index is 407. The summed E-state index contributed by atoms with van der Waals surface area (Å²) in [5, 5.41) is 8.31. The van der Waals surface area contributed by atoms with Crippen LogP contribution in [0.25, 0.3) is 0 Å². The number of rotatable bonds is 4. The summed E-state index contributed by atoms with van der Waals surface area (Å²) in [6.45, 7) is 0. The Morgan fingerprint density at radius 1 is 1.67 bits per heavy atom. The van der Waals surface area contributed by atoms with E-state index in [0.717, 1.165) is 6.42 Å². The molecule has 0 saturated heterocycles. The van der Waals surface area contributed by atoms with Crippen molar-refractivity contribution in [1.82, 2.24) is 15.2 Å². The lowest BCUT2D eigenvalue weighted by atomic mass is 10.0. The average molecular weight is 222 g/mol. The number of aryl methyl sites for hydroxylation is 1. The van der Waals surface area contributed by atoms with Crippen LogP contribution in [0.15, 0.2) is 29.2 Å². The second kappa shape index (κ2) is 4.57. The summed E-state index contributed by atoms with van der Waals surface area (Å²) in [4.78, 5) is 0. The zero-order chi connectivity index (χ0) is 10.7. The standard InChI is InChI=1S/C10H14N4S/c1-14-6-8(5-12-14)4-10(13-11)9-2-3-15-7-9/h2-3,5-7,10,13H,4,11H2,1H3. The predicted molar refractivity (Wildman–Crippen MR) is 61.3 cm³/mol. The van der Waals surface area contributed by atoms with Gasteiger partial charge in [-0.05, 0) is 34.4 Å². The Balaban J connectivity index is 2.09. The van der Waals surface area contributed by atoms with Gasteiger partial charge in [-0.3, -0.25) is 16.0 Å². The molecule has 0 aliphatic carbocycles. The molecule has 4 nitrogen and oxygen atoms in total. The van der Waals surface area contributed by atoms with Crippen molar-refractivity contribution in [3.63, 3.8) is 0 Å². The minimum absolute atomic E-state index is 0.167. The Morgan fingerprint density at radius 2 is 2.53 bits per heavy atom. The molecule has 0 amide bonds. The Kier molecular flexibility index (Phi) is 3.15. The van der Waals surface area contributed by atoms with Gasteiger partial charge in [-0.1, -0.05) is 0 Å². The first kappa shape index (κ1) is 10.4. The lowest BCUT2D eigenvalue weighted by Gasteiger charge is -2.12. The minimum Gasteiger partial charge on any atom is -0.276 e. The van der Waals surface area contributed by atoms with Crippen molar-refractivity contribution < 1.29 is 0 Å². The van der Waals surface area contributed by atoms with Crippen LogP contribution >= 0.6 is 11.3 Å². The molecule has 2 heterocycles. The summed E-state index contributed by atoms with van der Waals surface area (Å²) in [6, 6.07) is 2.26. The molecular formula is C10H14N4S. The third-order valence-electron chi connectivity index (χ3n) is 2.34. The van der Waals surface area contributed by atoms with Gasteiger partial charge in [-0.25, -0.2) is 0 Å². The van der Waals surface area contributed by atoms with Gasteiger partial charge in [-0.15, -0.1) is 0 Å². The Hall–Kier alpha value is -1.17. The van der Waals surface area contributed by atoms with E-state index in [1.165, 1.54) is 11.1 Å². The van der Waals surface area contributed by atoms with E-state index in [2.05, 4.69) is 27.4 Å². The van der Waals surface area contributed by atoms with E-state index < -0.39 is 0 Å². The number of hydrogen-bond acceptors (Lipinski definition) is 4. The third kappa shape index (κ3) is 2.44. The number of nitrogens with zero attached hydrogens (tertiary/aromatic N) is 2. The summed E-state index contributed by atoms with van der Waals surface area (Å²) in [7, 11) is 1.92. The van der Waals surface area contributed by atoms with Gasteiger partial charge in [0.2, 0.25) is 0 Å². The molecule has 1 unspecified atom stereocenters. The lowest BCUT2D eigenvalue weighted by molar-refractivity contribution is 0.553. The molecule has 15 heavy (non-hydrogen) atoms. The van der Waals surface area contributed by atoms with Gasteiger partial charge >= 0.3 is 0 Å². The number of hydrogen-bond donors (Lipinski definition) is 2. The van der Waals surface area contributed by atoms with E-state index in [1.54, 1.807) is 16.0 Å². The molecule has 0 spiro atoms. The van der Waals surface area contributed by atoms with Gasteiger partial charge in [0.1, 0.15) is 0 Å². The monoisotopic (exact) mass is 222 g/mol. The van der Waals surface area contributed by atoms with Gasteiger partial charge in [-0.2, -0.15) is 16.4 Å². The maximum absolute atomic E-state index is 5.55. The fourth-order valence-corrected chi connectivity index (χ4v) is 2.27. The van der Waals surface area contributed by atoms with Crippen molar-refractivity contribution in [3.05, 3.63) is 40.3 Å². The zero-order valence-corrected chi connectivity index (χ0v) is 9.37. The molecule has 0 bridgehead atoms. The van der Waals surface area contributed by atoms with E-state index in [-0.39, 0.29) is 6.04 Å². The number of nitrogens with one attached hydrogen (secondary N) is 1. The third-order valence-corrected chi connectivity index (χ3v) is 3.05. The Morgan fingerprint density at radius 3 is 3.07 bits per heavy atom. The van der Waals surface area contributed by atoms with Crippen LogP contribution in [0, 0.1) is 0 Å². The van der Waals surface area contributed by atoms with Crippen molar-refractivity contribution in [1.29, 1.82) is 0 Å². The van der Waals surface area contributed by atoms with Gasteiger partial charge in [0.15, 0.2) is 0 Å². The first-order valence-corrected chi connectivity index (χ1v) is 5.69. The van der Waals surface area contributed by atoms with Gasteiger partial charge < -0.3 is 0 Å². The summed E-state index contributed by atoms with van der Waals surface area (Å²) >= 11 is 1.68. The molecule has 2 rings (SSSR count). The number of aromatic nitrogens is 2. The van der Waals surface area contributed by atoms with Crippen LogP contribution in [0.2, 0.25) is 0 Å². The van der Waals surface area contributed by atoms with Crippen LogP contribution in [0.1, 0.15) is 17.2 Å². The molecule has 0 fully saturated rings. The predicted octanol–water partition coefficient (Wildman–Crippen LogP) is 1.23. The fraction of sp³-hybridized carbons (Fsp3) is 0.300. The molecule has 1 atom stereocenters. The Labute approximate surface area is 92.7 Å². The molecule has 0 saturated carbocycles. The normalized spacial score (nSPS) is 12.9. The van der Waals surface area contributed by atoms with Crippen LogP contribution in [0.5, 0.6) is 0 Å². The van der Waals surface area contributed by atoms with Crippen LogP contribution in [-0.4, -0.2) is 9.78 Å². The van der Waals surface area contributed by atoms with Crippen LogP contribution in [0.4, 0.5) is 0 Å². The number of nitrogens with two attached hydrogens (primary N) is 1. The van der Waals surface area contributed by atoms with Crippen molar-refractivity contribution in [2.45, 2.75) is 12.5 Å². The SMILES string of the molecule is Cn1cc(CC(NN)c2ccsc2)cn1. The molecule has 0 aromatic carbocycles. The van der Waals surface area contributed by atoms with E-state index in [4.69, 9.17) is 5.84 Å². The fourth-order valence-electron chi connectivity index (χ4n) is 1.56. The maximum Gasteiger partial charge on any atom is 0.0522 e. The highest BCUT2D eigenvalue weighted by molar-refractivity contribution is 7.07. The zero-order valence-electron chi connectivity index (χ0n) is 8.55. The minimum atomic E-state index is 0.167. The first-order valence-electron chi connectivity index (χ1n) is 4.75. The molecule has 0 aliphatic rings. The quantitative estimate of drug-likeness (QED) is 0.604. The topological polar surface area (TPSA) is 55.9 Å². The van der Waals surface area contributed by atoms with E-state index >= 15 is 0 Å². The molecule has 80 valence electrons. The van der Waals surface area contributed by atoms with Gasteiger partial charge in [0.05, 0.1) is 12.2 Å². The van der Waals surface area contributed by atoms with Crippen LogP contribution in [-0.2, 0) is 13.5 Å². The van der Waals surface area contributed by atoms with Crippen molar-refractivity contribution in [2.75, 3.05) is 0 Å². The maximum atomic E-state index is 5.55. The second-order valence-electron chi connectivity index (χ2n) is 3.50. The highest BCUT2D eigenvalue weighted by atomic mass is 32.1. The summed E-state index contributed by atoms with van der Waals surface area (Å²) in [6.07, 6.45) is 4.74. The van der Waals surface area contributed by atoms with Crippen molar-refractivity contribution in [3.8, 4) is 0 Å². The first-order chi connectivity index (χ1) is 7.29. The van der Waals surface area contributed by atoms with Crippen molar-refractivity contribution in [2.24, 2.45) is 12.9 Å². The number of thiophene rings is 1. The lowest BCUT2D eigenvalue weighted by Crippen LogP contribution is -2.29. The van der Waals surface area contributed by atoms with E-state index in [1.807, 2.05) is 19.4 Å². The number of hydrazine groups is 1. The average Bonchev–Trinajstić information content (AvgIpc) is 2.85. The molecule has 0 radical (unpaired) electrons. The van der Waals surface area contributed by atoms with Gasteiger partial charge in [0, 0.05) is 13.2 Å². The smallest absolute Gasteiger partial charge is 0.0522 e. The van der Waals surface area contributed by atoms with E-state index in [0.29, 0.717) is 0 Å². The second-order valence-corrected chi connectivity index (χ2v) is 4.28. The largest absolute Gasteiger partial charge is 0.276 e. The highest BCUT2D eigenvalue weighted by Gasteiger charge is 2.11. The van der Waals surface area contributed by atoms with Crippen LogP contribution in [0.3, 0.4) is 0 Å². The summed E-state index contributed by atoms with van der Waals surface area (Å²) in [5.41, 5.74) is 5.25. The molecule has 2 aromatic rings. The van der Waals surface area contributed by atoms with Gasteiger partial charge in [0.25, 0.3) is 0 Å². The summed E-state index contributed by atoms with van der Waals surface area (Å²) < 4.78 is 1.80. The molecule has 5 heteroatoms. The molecule has 0 aliphatic heterocycles. The molecule has 3 N–H and O–H groups in total.